The number of halogens is 12. The molecule has 0 unspecified atom stereocenters. The van der Waals surface area contributed by atoms with E-state index in [0.29, 0.717) is 45.9 Å². The standard InChI is InChI=1S/C37H63Br3N2O13.C25H43Br3N2O10.C10H20N2O4.2C2HF3O2/c1-33(2,3)55-28(44)19-26(20-42(10)11)29(45)41-14-16-50-18-17-49-15-12-13-27(43)21-51-22-37(23-52-30(46)34(4,5)38,24-53-31(47)35(6,7)39)25-54-32(48)36(8,9)40;1-22(2,26)19(32)38-15-25(16-39-20(33)23(3,4)27,17-40-21(34)24(5,6)28)14-37-13-18(31)30-8-10-36-12-11-35-9-7-29;1-10(2,3)16-9(15)11-7(8(13)14)6-12(4)5;2*3-2(4,5)1(6)7/h26H,12-25H2,1-11H3,(H,41,45);7-17,29H2,1-6H3,(H,30,31);7H,6H2,1-5H3,(H,11,15)(H,13,14);2*(H,6,7)/t26-;;7-;;/m0.0../s1. The number of alkyl halides is 12. The number of nitrogens with zero attached hydrogens (tertiary/aromatic N) is 2. The Hall–Kier alpha value is -5.32. The average Bonchev–Trinajstić information content (AvgIpc) is 0.837. The van der Waals surface area contributed by atoms with E-state index in [0.717, 1.165) is 0 Å². The predicted molar refractivity (Wildman–Crippen MR) is 462 cm³/mol. The molecule has 0 rings (SSSR count). The van der Waals surface area contributed by atoms with E-state index < -0.39 is 144 Å². The number of likely N-dealkylation sites (N-methyl/N-ethyl adjacent to an activating group) is 1. The molecule has 3 amide bonds. The molecule has 0 aliphatic rings. The third kappa shape index (κ3) is 72.1. The van der Waals surface area contributed by atoms with E-state index in [1.807, 2.05) is 19.0 Å². The third-order valence-corrected chi connectivity index (χ3v) is 15.9. The zero-order valence-electron chi connectivity index (χ0n) is 74.8. The van der Waals surface area contributed by atoms with Crippen molar-refractivity contribution in [3.05, 3.63) is 0 Å². The van der Waals surface area contributed by atoms with Crippen LogP contribution in [0.5, 0.6) is 0 Å². The molecule has 37 nitrogen and oxygen atoms in total. The maximum absolute atomic E-state index is 12.7. The van der Waals surface area contributed by atoms with Crippen LogP contribution in [0.1, 0.15) is 144 Å². The highest BCUT2D eigenvalue weighted by Gasteiger charge is 2.45. The van der Waals surface area contributed by atoms with Crippen molar-refractivity contribution < 1.29 is 175 Å². The van der Waals surface area contributed by atoms with Crippen LogP contribution >= 0.6 is 95.6 Å². The van der Waals surface area contributed by atoms with Gasteiger partial charge in [-0.2, -0.15) is 26.3 Å². The lowest BCUT2D eigenvalue weighted by molar-refractivity contribution is -0.193. The van der Waals surface area contributed by atoms with Crippen LogP contribution in [-0.4, -0.2) is 344 Å². The van der Waals surface area contributed by atoms with Crippen molar-refractivity contribution in [1.82, 2.24) is 25.8 Å². The Bertz CT molecular complexity index is 3120. The number of carboxylic acid groups (broad SMARTS) is 3. The van der Waals surface area contributed by atoms with Crippen molar-refractivity contribution in [2.24, 2.45) is 22.5 Å². The van der Waals surface area contributed by atoms with Gasteiger partial charge in [0.05, 0.1) is 82.6 Å². The van der Waals surface area contributed by atoms with Crippen molar-refractivity contribution >= 4 is 179 Å². The van der Waals surface area contributed by atoms with Crippen LogP contribution in [-0.2, 0) is 129 Å². The number of hydrogen-bond donors (Lipinski definition) is 7. The lowest BCUT2D eigenvalue weighted by Crippen LogP contribution is -2.48. The zero-order valence-corrected chi connectivity index (χ0v) is 84.3. The number of ether oxygens (including phenoxy) is 14. The summed E-state index contributed by atoms with van der Waals surface area (Å²) >= 11 is 19.5. The molecule has 0 saturated heterocycles. The SMILES string of the molecule is CC(C)(Br)C(=O)OCC(COCC(=O)NCCOCCOCCN)(COC(=O)C(C)(C)Br)COC(=O)C(C)(C)Br.CN(C)C[C@H](CC(=O)OC(C)(C)C)C(=O)NCCOCCOCCCC(=O)COCC(COC(=O)C(C)(C)Br)(COC(=O)C(C)(C)Br)COC(=O)C(C)(C)Br.CN(C)C[C@H](NC(=O)OC(C)(C)C)C(=O)O.O=C(O)C(F)(F)F.O=C(O)C(F)(F)F. The van der Waals surface area contributed by atoms with Gasteiger partial charge in [-0.3, -0.25) is 47.9 Å². The van der Waals surface area contributed by atoms with Crippen LogP contribution in [0.3, 0.4) is 0 Å². The van der Waals surface area contributed by atoms with E-state index >= 15 is 0 Å². The van der Waals surface area contributed by atoms with Crippen molar-refractivity contribution in [1.29, 1.82) is 0 Å². The number of amides is 3. The summed E-state index contributed by atoms with van der Waals surface area (Å²) in [5.74, 6) is -12.1. The summed E-state index contributed by atoms with van der Waals surface area (Å²) in [6.45, 7) is 30.8. The molecule has 0 spiro atoms. The number of rotatable bonds is 53. The molecular weight excluding hydrogens is 2090 g/mol. The van der Waals surface area contributed by atoms with Gasteiger partial charge in [0.1, 0.15) is 96.0 Å². The van der Waals surface area contributed by atoms with Crippen LogP contribution in [0.25, 0.3) is 0 Å². The van der Waals surface area contributed by atoms with Crippen molar-refractivity contribution in [3.63, 3.8) is 0 Å². The van der Waals surface area contributed by atoms with Gasteiger partial charge in [0, 0.05) is 45.8 Å². The van der Waals surface area contributed by atoms with E-state index in [4.69, 9.17) is 97.0 Å². The first kappa shape index (κ1) is 128. The first-order valence-corrected chi connectivity index (χ1v) is 42.9. The number of hydrogen-bond acceptors (Lipinski definition) is 31. The number of carbonyl (C=O) groups excluding carboxylic acids is 11. The van der Waals surface area contributed by atoms with Crippen LogP contribution < -0.4 is 21.7 Å². The normalized spacial score (nSPS) is 12.8. The number of alkyl carbamates (subject to hydrolysis) is 1. The smallest absolute Gasteiger partial charge is 0.480 e. The fraction of sp³-hybridized carbons (Fsp3) is 0.816. The highest BCUT2D eigenvalue weighted by atomic mass is 79.9. The van der Waals surface area contributed by atoms with E-state index in [1.54, 1.807) is 144 Å². The number of carbonyl (C=O) groups is 14. The number of nitrogens with two attached hydrogens (primary N) is 1. The van der Waals surface area contributed by atoms with Crippen molar-refractivity contribution in [2.75, 3.05) is 180 Å². The van der Waals surface area contributed by atoms with Gasteiger partial charge in [0.2, 0.25) is 11.8 Å². The number of aliphatic carboxylic acids is 3. The van der Waals surface area contributed by atoms with Crippen LogP contribution in [0, 0.1) is 16.7 Å². The van der Waals surface area contributed by atoms with Gasteiger partial charge in [-0.05, 0) is 159 Å². The summed E-state index contributed by atoms with van der Waals surface area (Å²) in [5.41, 5.74) is 1.41. The molecule has 125 heavy (non-hydrogen) atoms. The number of nitrogens with one attached hydrogen (secondary N) is 3. The van der Waals surface area contributed by atoms with Gasteiger partial charge in [-0.1, -0.05) is 95.6 Å². The quantitative estimate of drug-likeness (QED) is 0.00984. The Labute approximate surface area is 776 Å². The first-order valence-electron chi connectivity index (χ1n) is 38.2. The highest BCUT2D eigenvalue weighted by Crippen LogP contribution is 2.31. The minimum absolute atomic E-state index is 0.0283. The summed E-state index contributed by atoms with van der Waals surface area (Å²) in [5, 5.41) is 30.9. The monoisotopic (exact) mass is 2210 g/mol. The number of ketones is 1. The minimum Gasteiger partial charge on any atom is -0.480 e. The Kier molecular flexibility index (Phi) is 62.9. The molecule has 0 aliphatic heterocycles. The largest absolute Gasteiger partial charge is 0.490 e. The molecule has 0 bridgehead atoms. The molecule has 0 fully saturated rings. The maximum atomic E-state index is 12.7. The predicted octanol–water partition coefficient (Wildman–Crippen LogP) is 8.59. The summed E-state index contributed by atoms with van der Waals surface area (Å²) in [6.07, 6.45) is -10.3. The molecule has 0 radical (unpaired) electrons. The maximum Gasteiger partial charge on any atom is 0.490 e. The Morgan fingerprint density at radius 1 is 0.392 bits per heavy atom. The van der Waals surface area contributed by atoms with E-state index in [1.165, 1.54) is 0 Å². The van der Waals surface area contributed by atoms with Crippen LogP contribution in [0.15, 0.2) is 0 Å². The van der Waals surface area contributed by atoms with Gasteiger partial charge in [0.15, 0.2) is 5.78 Å². The second-order valence-electron chi connectivity index (χ2n) is 33.0. The van der Waals surface area contributed by atoms with Gasteiger partial charge in [-0.15, -0.1) is 0 Å². The van der Waals surface area contributed by atoms with Crippen molar-refractivity contribution in [3.8, 4) is 0 Å². The first-order chi connectivity index (χ1) is 56.4. The summed E-state index contributed by atoms with van der Waals surface area (Å²) in [6, 6.07) is -0.968. The average molecular weight is 2220 g/mol. The molecule has 732 valence electrons. The summed E-state index contributed by atoms with van der Waals surface area (Å²) < 4.78 is 134. The minimum atomic E-state index is -5.08. The molecule has 49 heteroatoms. The number of carboxylic acids is 3. The zero-order chi connectivity index (χ0) is 98.8. The van der Waals surface area contributed by atoms with E-state index in [2.05, 4.69) is 112 Å². The molecular formula is C76H128Br6F6N6O31. The Balaban J connectivity index is -0.000000588. The van der Waals surface area contributed by atoms with Gasteiger partial charge < -0.3 is 113 Å². The fourth-order valence-electron chi connectivity index (χ4n) is 7.72. The number of Topliss-reactive ketones (excluding diaryl/α,β-unsaturated/α-hetero) is 1. The second-order valence-corrected chi connectivity index (χ2v) is 44.8. The molecule has 0 heterocycles. The van der Waals surface area contributed by atoms with Crippen LogP contribution in [0.4, 0.5) is 31.1 Å². The molecule has 0 saturated carbocycles. The van der Waals surface area contributed by atoms with Crippen molar-refractivity contribution in [2.45, 2.75) is 199 Å². The van der Waals surface area contributed by atoms with Gasteiger partial charge >= 0.3 is 78.1 Å². The molecule has 0 aromatic rings. The van der Waals surface area contributed by atoms with Gasteiger partial charge in [-0.25, -0.2) is 19.2 Å². The fourth-order valence-corrected chi connectivity index (χ4v) is 8.41. The number of esters is 7. The topological polar surface area (TPSA) is 497 Å². The van der Waals surface area contributed by atoms with Gasteiger partial charge in [0.25, 0.3) is 0 Å². The summed E-state index contributed by atoms with van der Waals surface area (Å²) in [7, 11) is 7.11. The Morgan fingerprint density at radius 2 is 0.688 bits per heavy atom. The molecule has 0 aromatic heterocycles. The van der Waals surface area contributed by atoms with Crippen LogP contribution in [0.2, 0.25) is 0 Å². The molecule has 0 aromatic carbocycles. The Morgan fingerprint density at radius 3 is 0.968 bits per heavy atom. The van der Waals surface area contributed by atoms with E-state index in [-0.39, 0.29) is 137 Å². The lowest BCUT2D eigenvalue weighted by atomic mass is 9.91. The molecule has 2 atom stereocenters. The third-order valence-electron chi connectivity index (χ3n) is 14.0. The molecule has 8 N–H and O–H groups in total. The van der Waals surface area contributed by atoms with E-state index in [9.17, 15) is 83.9 Å². The molecule has 0 aliphatic carbocycles. The lowest BCUT2D eigenvalue weighted by Gasteiger charge is -2.34. The summed E-state index contributed by atoms with van der Waals surface area (Å²) in [4.78, 5) is 169. The second kappa shape index (κ2) is 61.3. The highest BCUT2D eigenvalue weighted by molar-refractivity contribution is 9.11.